The Morgan fingerprint density at radius 1 is 1.00 bits per heavy atom. The van der Waals surface area contributed by atoms with Gasteiger partial charge in [0.05, 0.1) is 5.92 Å². The summed E-state index contributed by atoms with van der Waals surface area (Å²) in [6, 6.07) is 12.5. The van der Waals surface area contributed by atoms with Crippen LogP contribution in [0.4, 0.5) is 0 Å². The highest BCUT2D eigenvalue weighted by molar-refractivity contribution is 6.04. The highest BCUT2D eigenvalue weighted by Crippen LogP contribution is 2.37. The molecular weight excluding hydrogens is 268 g/mol. The third kappa shape index (κ3) is 2.41. The summed E-state index contributed by atoms with van der Waals surface area (Å²) in [7, 11) is 0. The number of hydrogen-bond acceptors (Lipinski definition) is 1. The van der Waals surface area contributed by atoms with Gasteiger partial charge in [-0.25, -0.2) is 0 Å². The van der Waals surface area contributed by atoms with Crippen molar-refractivity contribution < 1.29 is 4.79 Å². The molecule has 1 nitrogen and oxygen atoms in total. The van der Waals surface area contributed by atoms with E-state index in [1.807, 2.05) is 26.0 Å². The molecule has 0 amide bonds. The number of ketones is 1. The molecule has 1 aliphatic rings. The average Bonchev–Trinajstić information content (AvgIpc) is 2.45. The SMILES string of the molecule is Cc1cc(C)c(C(=O)C2c3ccccc3C=CC2C)c(C)c1. The van der Waals surface area contributed by atoms with Crippen molar-refractivity contribution in [3.8, 4) is 0 Å². The summed E-state index contributed by atoms with van der Waals surface area (Å²) in [6.45, 7) is 8.30. The maximum absolute atomic E-state index is 13.3. The molecule has 0 aromatic heterocycles. The topological polar surface area (TPSA) is 17.1 Å². The molecule has 2 aromatic rings. The standard InChI is InChI=1S/C21H22O/c1-13-11-15(3)19(16(4)12-13)21(22)20-14(2)9-10-17-7-5-6-8-18(17)20/h5-12,14,20H,1-4H3. The highest BCUT2D eigenvalue weighted by atomic mass is 16.1. The molecule has 1 heteroatoms. The summed E-state index contributed by atoms with van der Waals surface area (Å²) >= 11 is 0. The second kappa shape index (κ2) is 5.57. The van der Waals surface area contributed by atoms with Crippen molar-refractivity contribution in [3.05, 3.63) is 75.9 Å². The second-order valence-corrected chi connectivity index (χ2v) is 6.46. The molecule has 0 aliphatic heterocycles. The summed E-state index contributed by atoms with van der Waals surface area (Å²) in [4.78, 5) is 13.3. The van der Waals surface area contributed by atoms with Crippen molar-refractivity contribution in [2.24, 2.45) is 5.92 Å². The lowest BCUT2D eigenvalue weighted by Crippen LogP contribution is -2.23. The lowest BCUT2D eigenvalue weighted by atomic mass is 9.75. The summed E-state index contributed by atoms with van der Waals surface area (Å²) in [5, 5.41) is 0. The van der Waals surface area contributed by atoms with Gasteiger partial charge >= 0.3 is 0 Å². The fourth-order valence-corrected chi connectivity index (χ4v) is 3.70. The lowest BCUT2D eigenvalue weighted by Gasteiger charge is -2.27. The van der Waals surface area contributed by atoms with Gasteiger partial charge in [-0.15, -0.1) is 0 Å². The van der Waals surface area contributed by atoms with E-state index in [9.17, 15) is 4.79 Å². The van der Waals surface area contributed by atoms with Gasteiger partial charge in [0.15, 0.2) is 5.78 Å². The third-order valence-electron chi connectivity index (χ3n) is 4.64. The third-order valence-corrected chi connectivity index (χ3v) is 4.64. The minimum Gasteiger partial charge on any atom is -0.293 e. The molecule has 0 fully saturated rings. The number of rotatable bonds is 2. The number of allylic oxidation sites excluding steroid dienone is 1. The summed E-state index contributed by atoms with van der Waals surface area (Å²) < 4.78 is 0. The molecule has 0 saturated heterocycles. The number of hydrogen-bond donors (Lipinski definition) is 0. The Kier molecular flexibility index (Phi) is 3.74. The molecule has 2 atom stereocenters. The van der Waals surface area contributed by atoms with Gasteiger partial charge in [0.1, 0.15) is 0 Å². The first-order chi connectivity index (χ1) is 10.5. The van der Waals surface area contributed by atoms with Crippen LogP contribution in [-0.2, 0) is 0 Å². The zero-order chi connectivity index (χ0) is 15.9. The Hall–Kier alpha value is -2.15. The van der Waals surface area contributed by atoms with E-state index in [2.05, 4.69) is 50.3 Å². The molecule has 0 spiro atoms. The predicted molar refractivity (Wildman–Crippen MR) is 92.4 cm³/mol. The average molecular weight is 290 g/mol. The van der Waals surface area contributed by atoms with Crippen molar-refractivity contribution in [2.45, 2.75) is 33.6 Å². The van der Waals surface area contributed by atoms with Crippen LogP contribution in [0.3, 0.4) is 0 Å². The Balaban J connectivity index is 2.11. The van der Waals surface area contributed by atoms with Crippen molar-refractivity contribution >= 4 is 11.9 Å². The second-order valence-electron chi connectivity index (χ2n) is 6.46. The minimum absolute atomic E-state index is 0.0821. The van der Waals surface area contributed by atoms with Gasteiger partial charge < -0.3 is 0 Å². The summed E-state index contributed by atoms with van der Waals surface area (Å²) in [5.74, 6) is 0.392. The molecule has 112 valence electrons. The molecule has 2 unspecified atom stereocenters. The summed E-state index contributed by atoms with van der Waals surface area (Å²) in [6.07, 6.45) is 4.29. The van der Waals surface area contributed by atoms with Crippen LogP contribution >= 0.6 is 0 Å². The minimum atomic E-state index is -0.0821. The van der Waals surface area contributed by atoms with Crippen LogP contribution in [0, 0.1) is 26.7 Å². The van der Waals surface area contributed by atoms with Gasteiger partial charge in [-0.3, -0.25) is 4.79 Å². The van der Waals surface area contributed by atoms with Crippen LogP contribution < -0.4 is 0 Å². The van der Waals surface area contributed by atoms with Gasteiger partial charge in [-0.05, 0) is 48.9 Å². The Morgan fingerprint density at radius 2 is 1.64 bits per heavy atom. The molecule has 0 saturated carbocycles. The number of aryl methyl sites for hydroxylation is 3. The highest BCUT2D eigenvalue weighted by Gasteiger charge is 2.31. The van der Waals surface area contributed by atoms with Crippen molar-refractivity contribution in [1.29, 1.82) is 0 Å². The van der Waals surface area contributed by atoms with Gasteiger partial charge in [-0.2, -0.15) is 0 Å². The maximum atomic E-state index is 13.3. The zero-order valence-electron chi connectivity index (χ0n) is 13.7. The Labute approximate surface area is 132 Å². The van der Waals surface area contributed by atoms with Gasteiger partial charge in [0.25, 0.3) is 0 Å². The van der Waals surface area contributed by atoms with E-state index >= 15 is 0 Å². The van der Waals surface area contributed by atoms with Crippen LogP contribution in [0.25, 0.3) is 6.08 Å². The maximum Gasteiger partial charge on any atom is 0.171 e. The van der Waals surface area contributed by atoms with Crippen LogP contribution in [0.15, 0.2) is 42.5 Å². The molecule has 2 aromatic carbocycles. The van der Waals surface area contributed by atoms with E-state index in [-0.39, 0.29) is 17.6 Å². The Bertz CT molecular complexity index is 744. The van der Waals surface area contributed by atoms with Crippen LogP contribution in [0.1, 0.15) is 51.0 Å². The Morgan fingerprint density at radius 3 is 2.32 bits per heavy atom. The van der Waals surface area contributed by atoms with Crippen LogP contribution in [0.5, 0.6) is 0 Å². The molecule has 0 bridgehead atoms. The lowest BCUT2D eigenvalue weighted by molar-refractivity contribution is 0.0941. The van der Waals surface area contributed by atoms with E-state index < -0.39 is 0 Å². The fourth-order valence-electron chi connectivity index (χ4n) is 3.70. The van der Waals surface area contributed by atoms with Crippen LogP contribution in [0.2, 0.25) is 0 Å². The first kappa shape index (κ1) is 14.8. The number of benzene rings is 2. The van der Waals surface area contributed by atoms with E-state index in [4.69, 9.17) is 0 Å². The van der Waals surface area contributed by atoms with Gasteiger partial charge in [0.2, 0.25) is 0 Å². The molecule has 0 N–H and O–H groups in total. The van der Waals surface area contributed by atoms with Crippen LogP contribution in [-0.4, -0.2) is 5.78 Å². The monoisotopic (exact) mass is 290 g/mol. The number of Topliss-reactive ketones (excluding diaryl/α,β-unsaturated/α-hetero) is 1. The molecule has 0 radical (unpaired) electrons. The number of carbonyl (C=O) groups is 1. The number of fused-ring (bicyclic) bond motifs is 1. The smallest absolute Gasteiger partial charge is 0.171 e. The van der Waals surface area contributed by atoms with E-state index in [1.54, 1.807) is 0 Å². The first-order valence-corrected chi connectivity index (χ1v) is 7.88. The fraction of sp³-hybridized carbons (Fsp3) is 0.286. The predicted octanol–water partition coefficient (Wildman–Crippen LogP) is 5.24. The molecular formula is C21H22O. The molecule has 0 heterocycles. The van der Waals surface area contributed by atoms with E-state index in [1.165, 1.54) is 11.1 Å². The molecule has 3 rings (SSSR count). The normalized spacial score (nSPS) is 19.8. The van der Waals surface area contributed by atoms with Crippen molar-refractivity contribution in [3.63, 3.8) is 0 Å². The van der Waals surface area contributed by atoms with Crippen molar-refractivity contribution in [1.82, 2.24) is 0 Å². The molecule has 22 heavy (non-hydrogen) atoms. The largest absolute Gasteiger partial charge is 0.293 e. The quantitative estimate of drug-likeness (QED) is 0.691. The van der Waals surface area contributed by atoms with E-state index in [0.717, 1.165) is 22.3 Å². The van der Waals surface area contributed by atoms with Gasteiger partial charge in [-0.1, -0.05) is 61.0 Å². The van der Waals surface area contributed by atoms with E-state index in [0.29, 0.717) is 0 Å². The number of carbonyl (C=O) groups excluding carboxylic acids is 1. The zero-order valence-corrected chi connectivity index (χ0v) is 13.7. The summed E-state index contributed by atoms with van der Waals surface area (Å²) in [5.41, 5.74) is 6.60. The molecule has 1 aliphatic carbocycles. The first-order valence-electron chi connectivity index (χ1n) is 7.88. The van der Waals surface area contributed by atoms with Crippen molar-refractivity contribution in [2.75, 3.05) is 0 Å². The van der Waals surface area contributed by atoms with Gasteiger partial charge in [0, 0.05) is 5.56 Å².